The Morgan fingerprint density at radius 1 is 0.773 bits per heavy atom. The van der Waals surface area contributed by atoms with E-state index in [0.717, 1.165) is 0 Å². The predicted molar refractivity (Wildman–Crippen MR) is 108 cm³/mol. The summed E-state index contributed by atoms with van der Waals surface area (Å²) in [5, 5.41) is 0. The maximum Gasteiger partial charge on any atom is 0.238 e. The van der Waals surface area contributed by atoms with Crippen LogP contribution in [0, 0.1) is 0 Å². The molecule has 3 rings (SSSR count). The number of benzene rings is 2. The van der Waals surface area contributed by atoms with Gasteiger partial charge in [-0.15, -0.1) is 52.6 Å². The van der Waals surface area contributed by atoms with Gasteiger partial charge in [-0.2, -0.15) is 4.68 Å². The fourth-order valence-corrected chi connectivity index (χ4v) is 2.40. The summed E-state index contributed by atoms with van der Waals surface area (Å²) in [6.07, 6.45) is 0. The smallest absolute Gasteiger partial charge is 0.238 e. The van der Waals surface area contributed by atoms with Crippen LogP contribution in [0.4, 0.5) is 0 Å². The lowest BCUT2D eigenvalue weighted by Gasteiger charge is -1.99. The molecule has 2 aromatic carbocycles. The first-order chi connectivity index (χ1) is 9.27. The quantitative estimate of drug-likeness (QED) is 0.299. The van der Waals surface area contributed by atoms with Gasteiger partial charge in [-0.1, -0.05) is 48.5 Å². The standard InChI is InChI=1S/C17H17N2.3HI/c1-18-16(14-9-5-3-6-10-14)13-17(19(18)2)15-11-7-4-8-12-15;;;/h3-13H,1-2H3;3*1H/q+1;;;/p-1. The molecule has 1 aromatic heterocycles. The minimum Gasteiger partial charge on any atom is -1.00 e. The Morgan fingerprint density at radius 3 is 1.73 bits per heavy atom. The SMILES string of the molecule is Cn1c(-c2ccccc2)cc(-c2ccccc2)[n+]1C.I.I.[I-]. The number of aromatic nitrogens is 2. The van der Waals surface area contributed by atoms with Crippen LogP contribution in [0.1, 0.15) is 0 Å². The van der Waals surface area contributed by atoms with Crippen molar-refractivity contribution >= 4 is 48.0 Å². The molecule has 0 N–H and O–H groups in total. The van der Waals surface area contributed by atoms with Gasteiger partial charge >= 0.3 is 0 Å². The van der Waals surface area contributed by atoms with Gasteiger partial charge < -0.3 is 24.0 Å². The number of nitrogens with zero attached hydrogens (tertiary/aromatic N) is 2. The molecule has 0 amide bonds. The van der Waals surface area contributed by atoms with Crippen LogP contribution < -0.4 is 28.7 Å². The lowest BCUT2D eigenvalue weighted by atomic mass is 10.1. The number of hydrogen-bond donors (Lipinski definition) is 0. The molecular weight excluding hydrogens is 613 g/mol. The molecule has 22 heavy (non-hydrogen) atoms. The van der Waals surface area contributed by atoms with Gasteiger partial charge in [-0.3, -0.25) is 0 Å². The van der Waals surface area contributed by atoms with Crippen molar-refractivity contribution in [3.63, 3.8) is 0 Å². The lowest BCUT2D eigenvalue weighted by Crippen LogP contribution is -3.00. The Labute approximate surface area is 183 Å². The molecule has 0 saturated heterocycles. The third-order valence-electron chi connectivity index (χ3n) is 3.56. The van der Waals surface area contributed by atoms with Crippen LogP contribution >= 0.6 is 48.0 Å². The van der Waals surface area contributed by atoms with Gasteiger partial charge in [-0.05, 0) is 12.1 Å². The van der Waals surface area contributed by atoms with E-state index in [1.54, 1.807) is 0 Å². The Hall–Kier alpha value is -0.160. The van der Waals surface area contributed by atoms with E-state index in [1.165, 1.54) is 22.5 Å². The zero-order valence-corrected chi connectivity index (χ0v) is 19.3. The molecule has 1 heterocycles. The first-order valence-electron chi connectivity index (χ1n) is 6.44. The minimum absolute atomic E-state index is 0. The molecule has 0 spiro atoms. The van der Waals surface area contributed by atoms with E-state index >= 15 is 0 Å². The molecule has 0 bridgehead atoms. The van der Waals surface area contributed by atoms with E-state index in [-0.39, 0.29) is 71.9 Å². The molecule has 2 nitrogen and oxygen atoms in total. The van der Waals surface area contributed by atoms with Crippen molar-refractivity contribution in [2.75, 3.05) is 0 Å². The summed E-state index contributed by atoms with van der Waals surface area (Å²) in [7, 11) is 4.18. The van der Waals surface area contributed by atoms with Crippen molar-refractivity contribution in [2.45, 2.75) is 0 Å². The van der Waals surface area contributed by atoms with Crippen molar-refractivity contribution in [1.82, 2.24) is 4.68 Å². The maximum atomic E-state index is 2.24. The van der Waals surface area contributed by atoms with E-state index in [1.807, 2.05) is 12.1 Å². The Morgan fingerprint density at radius 2 is 1.23 bits per heavy atom. The summed E-state index contributed by atoms with van der Waals surface area (Å²) in [4.78, 5) is 0. The maximum absolute atomic E-state index is 2.24. The number of rotatable bonds is 2. The average Bonchev–Trinajstić information content (AvgIpc) is 2.77. The van der Waals surface area contributed by atoms with E-state index in [9.17, 15) is 0 Å². The summed E-state index contributed by atoms with van der Waals surface area (Å²) in [5.74, 6) is 0. The summed E-state index contributed by atoms with van der Waals surface area (Å²) in [6.45, 7) is 0. The van der Waals surface area contributed by atoms with Crippen LogP contribution in [-0.4, -0.2) is 4.68 Å². The highest BCUT2D eigenvalue weighted by Gasteiger charge is 2.19. The van der Waals surface area contributed by atoms with E-state index in [4.69, 9.17) is 0 Å². The molecule has 3 aromatic rings. The van der Waals surface area contributed by atoms with Gasteiger partial charge in [0.2, 0.25) is 5.69 Å². The molecule has 0 saturated carbocycles. The van der Waals surface area contributed by atoms with Crippen LogP contribution in [-0.2, 0) is 14.1 Å². The Kier molecular flexibility index (Phi) is 9.79. The van der Waals surface area contributed by atoms with Crippen molar-refractivity contribution in [3.05, 3.63) is 66.7 Å². The number of hydrogen-bond acceptors (Lipinski definition) is 0. The van der Waals surface area contributed by atoms with E-state index < -0.39 is 0 Å². The second-order valence-electron chi connectivity index (χ2n) is 4.69. The molecule has 0 aliphatic heterocycles. The van der Waals surface area contributed by atoms with Gasteiger partial charge in [0, 0.05) is 17.2 Å². The van der Waals surface area contributed by atoms with Gasteiger partial charge in [-0.25, -0.2) is 0 Å². The molecule has 0 aliphatic rings. The topological polar surface area (TPSA) is 8.81 Å². The molecule has 0 atom stereocenters. The van der Waals surface area contributed by atoms with Crippen LogP contribution in [0.5, 0.6) is 0 Å². The Balaban J connectivity index is 0.00000147. The summed E-state index contributed by atoms with van der Waals surface area (Å²) in [6, 6.07) is 23.2. The number of halogens is 3. The molecular formula is C17H19I3N2. The zero-order valence-electron chi connectivity index (χ0n) is 12.4. The molecule has 118 valence electrons. The summed E-state index contributed by atoms with van der Waals surface area (Å²) < 4.78 is 4.36. The molecule has 0 fully saturated rings. The zero-order chi connectivity index (χ0) is 13.2. The third-order valence-corrected chi connectivity index (χ3v) is 3.56. The molecule has 0 radical (unpaired) electrons. The molecule has 5 heteroatoms. The summed E-state index contributed by atoms with van der Waals surface area (Å²) in [5.41, 5.74) is 4.93. The monoisotopic (exact) mass is 632 g/mol. The summed E-state index contributed by atoms with van der Waals surface area (Å²) >= 11 is 0. The third kappa shape index (κ3) is 4.44. The normalized spacial score (nSPS) is 9.18. The highest BCUT2D eigenvalue weighted by Crippen LogP contribution is 2.23. The predicted octanol–water partition coefficient (Wildman–Crippen LogP) is 1.42. The minimum atomic E-state index is 0. The van der Waals surface area contributed by atoms with Crippen molar-refractivity contribution in [2.24, 2.45) is 14.1 Å². The first kappa shape index (κ1) is 21.8. The van der Waals surface area contributed by atoms with Gasteiger partial charge in [0.05, 0.1) is 7.05 Å². The van der Waals surface area contributed by atoms with Crippen LogP contribution in [0.3, 0.4) is 0 Å². The Bertz CT molecular complexity index is 635. The second kappa shape index (κ2) is 9.86. The van der Waals surface area contributed by atoms with Crippen LogP contribution in [0.2, 0.25) is 0 Å². The van der Waals surface area contributed by atoms with E-state index in [2.05, 4.69) is 78.1 Å². The van der Waals surface area contributed by atoms with Crippen molar-refractivity contribution < 1.29 is 28.7 Å². The molecule has 0 unspecified atom stereocenters. The van der Waals surface area contributed by atoms with Gasteiger partial charge in [0.1, 0.15) is 5.69 Å². The highest BCUT2D eigenvalue weighted by molar-refractivity contribution is 14.0. The van der Waals surface area contributed by atoms with Crippen molar-refractivity contribution in [1.29, 1.82) is 0 Å². The fourth-order valence-electron chi connectivity index (χ4n) is 2.40. The highest BCUT2D eigenvalue weighted by atomic mass is 127. The van der Waals surface area contributed by atoms with Crippen LogP contribution in [0.15, 0.2) is 66.7 Å². The van der Waals surface area contributed by atoms with Gasteiger partial charge in [0.25, 0.3) is 0 Å². The fraction of sp³-hybridized carbons (Fsp3) is 0.118. The molecule has 0 aliphatic carbocycles. The average molecular weight is 632 g/mol. The second-order valence-corrected chi connectivity index (χ2v) is 4.69. The largest absolute Gasteiger partial charge is 1.00 e. The van der Waals surface area contributed by atoms with Gasteiger partial charge in [0.15, 0.2) is 7.05 Å². The van der Waals surface area contributed by atoms with Crippen LogP contribution in [0.25, 0.3) is 22.5 Å². The van der Waals surface area contributed by atoms with E-state index in [0.29, 0.717) is 0 Å². The lowest BCUT2D eigenvalue weighted by molar-refractivity contribution is -0.740. The first-order valence-corrected chi connectivity index (χ1v) is 6.44. The van der Waals surface area contributed by atoms with Crippen molar-refractivity contribution in [3.8, 4) is 22.5 Å².